The van der Waals surface area contributed by atoms with Gasteiger partial charge in [0.25, 0.3) is 0 Å². The standard InChI is InChI=1S/C20H20FNO4S/c1-13(2)22-19(24)12-27-18-6-4-3-5-16(18)20(25)26-11-17(23)14-7-9-15(21)10-8-14/h3-10,13H,11-12H2,1-2H3,(H,22,24). The Kier molecular flexibility index (Phi) is 7.55. The monoisotopic (exact) mass is 389 g/mol. The first-order valence-corrected chi connectivity index (χ1v) is 9.32. The quantitative estimate of drug-likeness (QED) is 0.425. The van der Waals surface area contributed by atoms with E-state index in [1.165, 1.54) is 36.0 Å². The predicted octanol–water partition coefficient (Wildman–Crippen LogP) is 3.48. The van der Waals surface area contributed by atoms with Crippen LogP contribution in [0.1, 0.15) is 34.6 Å². The fraction of sp³-hybridized carbons (Fsp3) is 0.250. The molecule has 142 valence electrons. The fourth-order valence-corrected chi connectivity index (χ4v) is 3.05. The van der Waals surface area contributed by atoms with Crippen molar-refractivity contribution >= 4 is 29.4 Å². The van der Waals surface area contributed by atoms with E-state index >= 15 is 0 Å². The van der Waals surface area contributed by atoms with Crippen LogP contribution in [0.3, 0.4) is 0 Å². The van der Waals surface area contributed by atoms with Crippen LogP contribution in [-0.4, -0.2) is 36.1 Å². The highest BCUT2D eigenvalue weighted by molar-refractivity contribution is 8.00. The Bertz CT molecular complexity index is 821. The van der Waals surface area contributed by atoms with Crippen molar-refractivity contribution in [2.45, 2.75) is 24.8 Å². The molecule has 7 heteroatoms. The molecule has 5 nitrogen and oxygen atoms in total. The summed E-state index contributed by atoms with van der Waals surface area (Å²) in [6.07, 6.45) is 0. The highest BCUT2D eigenvalue weighted by atomic mass is 32.2. The molecule has 0 heterocycles. The molecule has 0 radical (unpaired) electrons. The second kappa shape index (κ2) is 9.87. The van der Waals surface area contributed by atoms with E-state index in [1.54, 1.807) is 24.3 Å². The number of hydrogen-bond donors (Lipinski definition) is 1. The highest BCUT2D eigenvalue weighted by Crippen LogP contribution is 2.23. The van der Waals surface area contributed by atoms with Gasteiger partial charge in [0.15, 0.2) is 12.4 Å². The summed E-state index contributed by atoms with van der Waals surface area (Å²) in [6.45, 7) is 3.29. The first-order valence-electron chi connectivity index (χ1n) is 8.34. The summed E-state index contributed by atoms with van der Waals surface area (Å²) in [4.78, 5) is 36.7. The van der Waals surface area contributed by atoms with Crippen LogP contribution >= 0.6 is 11.8 Å². The number of benzene rings is 2. The molecule has 0 saturated carbocycles. The topological polar surface area (TPSA) is 72.5 Å². The van der Waals surface area contributed by atoms with E-state index in [-0.39, 0.29) is 28.8 Å². The van der Waals surface area contributed by atoms with Gasteiger partial charge in [-0.2, -0.15) is 0 Å². The summed E-state index contributed by atoms with van der Waals surface area (Å²) < 4.78 is 18.0. The third kappa shape index (κ3) is 6.53. The second-order valence-corrected chi connectivity index (χ2v) is 7.03. The summed E-state index contributed by atoms with van der Waals surface area (Å²) in [6, 6.07) is 11.8. The number of carbonyl (C=O) groups is 3. The maximum atomic E-state index is 12.9. The third-order valence-electron chi connectivity index (χ3n) is 3.42. The van der Waals surface area contributed by atoms with E-state index in [2.05, 4.69) is 5.32 Å². The molecule has 0 fully saturated rings. The van der Waals surface area contributed by atoms with Gasteiger partial charge in [-0.15, -0.1) is 11.8 Å². The molecule has 1 amide bonds. The number of hydrogen-bond acceptors (Lipinski definition) is 5. The fourth-order valence-electron chi connectivity index (χ4n) is 2.20. The van der Waals surface area contributed by atoms with Crippen LogP contribution < -0.4 is 5.32 Å². The number of amides is 1. The van der Waals surface area contributed by atoms with Crippen molar-refractivity contribution in [3.8, 4) is 0 Å². The van der Waals surface area contributed by atoms with E-state index in [0.29, 0.717) is 4.90 Å². The maximum absolute atomic E-state index is 12.9. The molecule has 0 unspecified atom stereocenters. The summed E-state index contributed by atoms with van der Waals surface area (Å²) in [5, 5.41) is 2.78. The Morgan fingerprint density at radius 3 is 2.41 bits per heavy atom. The Morgan fingerprint density at radius 1 is 1.07 bits per heavy atom. The van der Waals surface area contributed by atoms with Gasteiger partial charge in [-0.25, -0.2) is 9.18 Å². The molecule has 0 aromatic heterocycles. The molecule has 2 aromatic carbocycles. The van der Waals surface area contributed by atoms with E-state index in [1.807, 2.05) is 13.8 Å². The molecule has 0 aliphatic carbocycles. The Balaban J connectivity index is 1.96. The van der Waals surface area contributed by atoms with Gasteiger partial charge in [0.1, 0.15) is 5.82 Å². The van der Waals surface area contributed by atoms with Crippen LogP contribution in [0.4, 0.5) is 4.39 Å². The number of esters is 1. The van der Waals surface area contributed by atoms with Gasteiger partial charge >= 0.3 is 5.97 Å². The lowest BCUT2D eigenvalue weighted by Gasteiger charge is -2.10. The first-order chi connectivity index (χ1) is 12.9. The molecule has 27 heavy (non-hydrogen) atoms. The van der Waals surface area contributed by atoms with E-state index in [4.69, 9.17) is 4.74 Å². The second-order valence-electron chi connectivity index (χ2n) is 6.01. The number of nitrogens with one attached hydrogen (secondary N) is 1. The minimum Gasteiger partial charge on any atom is -0.454 e. The zero-order chi connectivity index (χ0) is 19.8. The Hall–Kier alpha value is -2.67. The van der Waals surface area contributed by atoms with Crippen molar-refractivity contribution in [1.29, 1.82) is 0 Å². The van der Waals surface area contributed by atoms with E-state index < -0.39 is 24.2 Å². The molecular weight excluding hydrogens is 369 g/mol. The number of Topliss-reactive ketones (excluding diaryl/α,β-unsaturated/α-hetero) is 1. The molecule has 0 spiro atoms. The summed E-state index contributed by atoms with van der Waals surface area (Å²) in [7, 11) is 0. The largest absolute Gasteiger partial charge is 0.454 e. The van der Waals surface area contributed by atoms with Crippen LogP contribution in [0.25, 0.3) is 0 Å². The molecule has 1 N–H and O–H groups in total. The molecule has 2 aromatic rings. The predicted molar refractivity (Wildman–Crippen MR) is 101 cm³/mol. The Labute approximate surface area is 161 Å². The highest BCUT2D eigenvalue weighted by Gasteiger charge is 2.16. The lowest BCUT2D eigenvalue weighted by Crippen LogP contribution is -2.31. The van der Waals surface area contributed by atoms with Gasteiger partial charge in [-0.05, 0) is 50.2 Å². The van der Waals surface area contributed by atoms with Crippen LogP contribution in [-0.2, 0) is 9.53 Å². The van der Waals surface area contributed by atoms with Crippen LogP contribution in [0.15, 0.2) is 53.4 Å². The summed E-state index contributed by atoms with van der Waals surface area (Å²) in [5.74, 6) is -1.50. The van der Waals surface area contributed by atoms with E-state index in [9.17, 15) is 18.8 Å². The van der Waals surface area contributed by atoms with Crippen LogP contribution in [0.5, 0.6) is 0 Å². The molecule has 0 saturated heterocycles. The van der Waals surface area contributed by atoms with Gasteiger partial charge in [0, 0.05) is 16.5 Å². The SMILES string of the molecule is CC(C)NC(=O)CSc1ccccc1C(=O)OCC(=O)c1ccc(F)cc1. The van der Waals surface area contributed by atoms with Crippen molar-refractivity contribution < 1.29 is 23.5 Å². The number of ketones is 1. The number of carbonyl (C=O) groups excluding carboxylic acids is 3. The van der Waals surface area contributed by atoms with Crippen LogP contribution in [0.2, 0.25) is 0 Å². The molecule has 0 aliphatic heterocycles. The zero-order valence-corrected chi connectivity index (χ0v) is 15.8. The number of thioether (sulfide) groups is 1. The van der Waals surface area contributed by atoms with Gasteiger partial charge in [0.2, 0.25) is 5.91 Å². The van der Waals surface area contributed by atoms with Crippen molar-refractivity contribution in [1.82, 2.24) is 5.32 Å². The summed E-state index contributed by atoms with van der Waals surface area (Å²) >= 11 is 1.22. The average Bonchev–Trinajstić information content (AvgIpc) is 2.64. The van der Waals surface area contributed by atoms with Crippen LogP contribution in [0, 0.1) is 5.82 Å². The van der Waals surface area contributed by atoms with Crippen molar-refractivity contribution in [2.75, 3.05) is 12.4 Å². The van der Waals surface area contributed by atoms with Crippen molar-refractivity contribution in [3.05, 3.63) is 65.5 Å². The van der Waals surface area contributed by atoms with Gasteiger partial charge in [-0.1, -0.05) is 12.1 Å². The third-order valence-corrected chi connectivity index (χ3v) is 4.49. The smallest absolute Gasteiger partial charge is 0.339 e. The number of halogens is 1. The lowest BCUT2D eigenvalue weighted by molar-refractivity contribution is -0.119. The van der Waals surface area contributed by atoms with E-state index in [0.717, 1.165) is 0 Å². The van der Waals surface area contributed by atoms with Gasteiger partial charge in [0.05, 0.1) is 11.3 Å². The van der Waals surface area contributed by atoms with Crippen molar-refractivity contribution in [2.24, 2.45) is 0 Å². The molecule has 0 atom stereocenters. The lowest BCUT2D eigenvalue weighted by atomic mass is 10.1. The average molecular weight is 389 g/mol. The molecular formula is C20H20FNO4S. The minimum atomic E-state index is -0.655. The molecule has 2 rings (SSSR count). The minimum absolute atomic E-state index is 0.0378. The number of rotatable bonds is 8. The molecule has 0 bridgehead atoms. The van der Waals surface area contributed by atoms with Crippen molar-refractivity contribution in [3.63, 3.8) is 0 Å². The first kappa shape index (κ1) is 20.6. The maximum Gasteiger partial charge on any atom is 0.339 e. The zero-order valence-electron chi connectivity index (χ0n) is 15.0. The normalized spacial score (nSPS) is 10.5. The Morgan fingerprint density at radius 2 is 1.74 bits per heavy atom. The van der Waals surface area contributed by atoms with Gasteiger partial charge in [-0.3, -0.25) is 9.59 Å². The number of ether oxygens (including phenoxy) is 1. The summed E-state index contributed by atoms with van der Waals surface area (Å²) in [5.41, 5.74) is 0.545. The molecule has 0 aliphatic rings. The van der Waals surface area contributed by atoms with Gasteiger partial charge < -0.3 is 10.1 Å².